The van der Waals surface area contributed by atoms with Crippen LogP contribution < -0.4 is 14.2 Å². The largest absolute Gasteiger partial charge is 0.493 e. The average molecular weight is 487 g/mol. The van der Waals surface area contributed by atoms with Crippen LogP contribution in [-0.4, -0.2) is 52.1 Å². The molecule has 5 aromatic rings. The number of rotatable bonds is 8. The Balaban J connectivity index is 1.34. The first-order valence-corrected chi connectivity index (χ1v) is 10.8. The number of carbonyl (C=O) groups is 1. The highest BCUT2D eigenvalue weighted by Crippen LogP contribution is 2.40. The molecular formula is C25H21N5O6. The van der Waals surface area contributed by atoms with Gasteiger partial charge >= 0.3 is 5.97 Å². The van der Waals surface area contributed by atoms with Crippen LogP contribution in [0.5, 0.6) is 17.2 Å². The fourth-order valence-corrected chi connectivity index (χ4v) is 3.70. The molecule has 0 aliphatic carbocycles. The summed E-state index contributed by atoms with van der Waals surface area (Å²) in [6.45, 7) is -0.230. The van der Waals surface area contributed by atoms with Crippen molar-refractivity contribution in [3.63, 3.8) is 0 Å². The smallest absolute Gasteiger partial charge is 0.344 e. The molecule has 0 saturated carbocycles. The Labute approximate surface area is 205 Å². The number of benzene rings is 2. The van der Waals surface area contributed by atoms with Gasteiger partial charge in [-0.3, -0.25) is 0 Å². The SMILES string of the molecule is COc1cc(-c2nnc(COC(=O)c3cnn4c(-c5ccccc5)ccnc34)o2)cc(OC)c1OC. The Morgan fingerprint density at radius 2 is 1.69 bits per heavy atom. The van der Waals surface area contributed by atoms with Crippen molar-refractivity contribution in [2.75, 3.05) is 21.3 Å². The predicted molar refractivity (Wildman–Crippen MR) is 127 cm³/mol. The standard InChI is InChI=1S/C25H21N5O6/c1-32-19-11-16(12-20(33-2)22(19)34-3)24-29-28-21(36-24)14-35-25(31)17-13-27-30-18(9-10-26-23(17)30)15-7-5-4-6-8-15/h4-13H,14H2,1-3H3. The lowest BCUT2D eigenvalue weighted by atomic mass is 10.1. The van der Waals surface area contributed by atoms with E-state index in [1.54, 1.807) is 22.8 Å². The van der Waals surface area contributed by atoms with Gasteiger partial charge in [0.05, 0.1) is 33.2 Å². The van der Waals surface area contributed by atoms with E-state index >= 15 is 0 Å². The summed E-state index contributed by atoms with van der Waals surface area (Å²) in [6, 6.07) is 14.9. The van der Waals surface area contributed by atoms with Gasteiger partial charge in [-0.1, -0.05) is 30.3 Å². The van der Waals surface area contributed by atoms with E-state index in [1.807, 2.05) is 36.4 Å². The third-order valence-corrected chi connectivity index (χ3v) is 5.40. The first kappa shape index (κ1) is 22.8. The van der Waals surface area contributed by atoms with Gasteiger partial charge in [0.25, 0.3) is 5.89 Å². The second kappa shape index (κ2) is 9.74. The van der Waals surface area contributed by atoms with Gasteiger partial charge in [0.1, 0.15) is 5.56 Å². The number of methoxy groups -OCH3 is 3. The van der Waals surface area contributed by atoms with Crippen LogP contribution in [0.2, 0.25) is 0 Å². The van der Waals surface area contributed by atoms with Crippen molar-refractivity contribution in [3.8, 4) is 40.0 Å². The van der Waals surface area contributed by atoms with Gasteiger partial charge in [-0.2, -0.15) is 5.10 Å². The summed E-state index contributed by atoms with van der Waals surface area (Å²) in [5, 5.41) is 12.3. The number of aromatic nitrogens is 5. The van der Waals surface area contributed by atoms with Crippen LogP contribution in [0.15, 0.2) is 65.3 Å². The average Bonchev–Trinajstić information content (AvgIpc) is 3.59. The molecule has 0 bridgehead atoms. The van der Waals surface area contributed by atoms with Crippen LogP contribution in [0.25, 0.3) is 28.4 Å². The Bertz CT molecular complexity index is 1500. The van der Waals surface area contributed by atoms with Gasteiger partial charge in [-0.05, 0) is 18.2 Å². The summed E-state index contributed by atoms with van der Waals surface area (Å²) in [4.78, 5) is 17.1. The normalized spacial score (nSPS) is 10.9. The topological polar surface area (TPSA) is 123 Å². The molecule has 36 heavy (non-hydrogen) atoms. The maximum absolute atomic E-state index is 12.8. The second-order valence-corrected chi connectivity index (χ2v) is 7.48. The lowest BCUT2D eigenvalue weighted by Gasteiger charge is -2.12. The Kier molecular flexibility index (Phi) is 6.18. The van der Waals surface area contributed by atoms with E-state index in [9.17, 15) is 4.79 Å². The summed E-state index contributed by atoms with van der Waals surface area (Å²) < 4.78 is 28.7. The molecule has 0 radical (unpaired) electrons. The van der Waals surface area contributed by atoms with Crippen molar-refractivity contribution < 1.29 is 28.2 Å². The van der Waals surface area contributed by atoms with E-state index in [2.05, 4.69) is 20.3 Å². The van der Waals surface area contributed by atoms with Crippen molar-refractivity contribution >= 4 is 11.6 Å². The molecule has 0 atom stereocenters. The van der Waals surface area contributed by atoms with Crippen molar-refractivity contribution in [1.82, 2.24) is 24.8 Å². The molecule has 0 spiro atoms. The summed E-state index contributed by atoms with van der Waals surface area (Å²) in [6.07, 6.45) is 3.05. The van der Waals surface area contributed by atoms with Gasteiger partial charge in [0.15, 0.2) is 23.8 Å². The van der Waals surface area contributed by atoms with E-state index in [-0.39, 0.29) is 24.0 Å². The first-order valence-electron chi connectivity index (χ1n) is 10.8. The second-order valence-electron chi connectivity index (χ2n) is 7.48. The zero-order valence-electron chi connectivity index (χ0n) is 19.7. The van der Waals surface area contributed by atoms with Crippen LogP contribution in [0.4, 0.5) is 0 Å². The maximum atomic E-state index is 12.8. The van der Waals surface area contributed by atoms with Crippen molar-refractivity contribution in [2.45, 2.75) is 6.61 Å². The fourth-order valence-electron chi connectivity index (χ4n) is 3.70. The van der Waals surface area contributed by atoms with Crippen LogP contribution in [0.3, 0.4) is 0 Å². The third-order valence-electron chi connectivity index (χ3n) is 5.40. The lowest BCUT2D eigenvalue weighted by molar-refractivity contribution is 0.0440. The lowest BCUT2D eigenvalue weighted by Crippen LogP contribution is -2.06. The van der Waals surface area contributed by atoms with E-state index < -0.39 is 5.97 Å². The minimum absolute atomic E-state index is 0.113. The maximum Gasteiger partial charge on any atom is 0.344 e. The van der Waals surface area contributed by atoms with E-state index in [0.717, 1.165) is 11.3 Å². The van der Waals surface area contributed by atoms with Gasteiger partial charge < -0.3 is 23.4 Å². The highest BCUT2D eigenvalue weighted by Gasteiger charge is 2.20. The Morgan fingerprint density at radius 3 is 2.39 bits per heavy atom. The van der Waals surface area contributed by atoms with Gasteiger partial charge in [-0.25, -0.2) is 14.3 Å². The number of ether oxygens (including phenoxy) is 4. The number of fused-ring (bicyclic) bond motifs is 1. The minimum atomic E-state index is -0.616. The fraction of sp³-hybridized carbons (Fsp3) is 0.160. The van der Waals surface area contributed by atoms with Crippen molar-refractivity contribution in [2.24, 2.45) is 0 Å². The number of nitrogens with zero attached hydrogens (tertiary/aromatic N) is 5. The third kappa shape index (κ3) is 4.17. The summed E-state index contributed by atoms with van der Waals surface area (Å²) in [7, 11) is 4.54. The van der Waals surface area contributed by atoms with Gasteiger partial charge in [0.2, 0.25) is 11.6 Å². The Morgan fingerprint density at radius 1 is 0.944 bits per heavy atom. The van der Waals surface area contributed by atoms with Crippen LogP contribution in [-0.2, 0) is 11.3 Å². The molecule has 0 fully saturated rings. The molecule has 0 unspecified atom stereocenters. The zero-order valence-corrected chi connectivity index (χ0v) is 19.7. The van der Waals surface area contributed by atoms with Gasteiger partial charge in [-0.15, -0.1) is 10.2 Å². The molecule has 0 N–H and O–H groups in total. The number of hydrogen-bond donors (Lipinski definition) is 0. The molecule has 3 heterocycles. The molecule has 0 amide bonds. The molecule has 0 aliphatic heterocycles. The van der Waals surface area contributed by atoms with Crippen molar-refractivity contribution in [3.05, 3.63) is 72.4 Å². The van der Waals surface area contributed by atoms with Crippen LogP contribution in [0, 0.1) is 0 Å². The molecule has 2 aromatic carbocycles. The number of esters is 1. The van der Waals surface area contributed by atoms with E-state index in [0.29, 0.717) is 28.5 Å². The minimum Gasteiger partial charge on any atom is -0.493 e. The first-order chi connectivity index (χ1) is 17.6. The van der Waals surface area contributed by atoms with E-state index in [4.69, 9.17) is 23.4 Å². The molecule has 3 aromatic heterocycles. The number of hydrogen-bond acceptors (Lipinski definition) is 10. The predicted octanol–water partition coefficient (Wildman–Crippen LogP) is 3.83. The molecule has 0 saturated heterocycles. The molecular weight excluding hydrogens is 466 g/mol. The van der Waals surface area contributed by atoms with E-state index in [1.165, 1.54) is 27.5 Å². The molecule has 11 nitrogen and oxygen atoms in total. The summed E-state index contributed by atoms with van der Waals surface area (Å²) >= 11 is 0. The monoisotopic (exact) mass is 487 g/mol. The zero-order chi connectivity index (χ0) is 25.1. The highest BCUT2D eigenvalue weighted by atomic mass is 16.5. The molecule has 182 valence electrons. The van der Waals surface area contributed by atoms with Crippen LogP contribution >= 0.6 is 0 Å². The molecule has 5 rings (SSSR count). The quantitative estimate of drug-likeness (QED) is 0.298. The molecule has 0 aliphatic rings. The molecule has 11 heteroatoms. The highest BCUT2D eigenvalue weighted by molar-refractivity contribution is 5.95. The van der Waals surface area contributed by atoms with Crippen LogP contribution in [0.1, 0.15) is 16.2 Å². The summed E-state index contributed by atoms with van der Waals surface area (Å²) in [5.41, 5.74) is 2.89. The van der Waals surface area contributed by atoms with Gasteiger partial charge in [0, 0.05) is 17.3 Å². The summed E-state index contributed by atoms with van der Waals surface area (Å²) in [5.74, 6) is 1.01. The Hall–Kier alpha value is -4.93. The van der Waals surface area contributed by atoms with Crippen molar-refractivity contribution in [1.29, 1.82) is 0 Å². The number of carbonyl (C=O) groups excluding carboxylic acids is 1.